The van der Waals surface area contributed by atoms with Gasteiger partial charge < -0.3 is 15.7 Å². The maximum absolute atomic E-state index is 12.2. The molecule has 6 nitrogen and oxygen atoms in total. The highest BCUT2D eigenvalue weighted by atomic mass is 16.3. The van der Waals surface area contributed by atoms with E-state index in [0.29, 0.717) is 25.9 Å². The number of amides is 2. The molecule has 1 aliphatic heterocycles. The number of likely N-dealkylation sites (tertiary alicyclic amines) is 1. The van der Waals surface area contributed by atoms with Crippen LogP contribution in [-0.2, 0) is 9.59 Å². The number of benzene rings is 1. The fourth-order valence-corrected chi connectivity index (χ4v) is 2.95. The number of piperidine rings is 1. The lowest BCUT2D eigenvalue weighted by molar-refractivity contribution is -0.128. The minimum absolute atomic E-state index is 0.0482. The van der Waals surface area contributed by atoms with Crippen molar-refractivity contribution >= 4 is 17.5 Å². The predicted octanol–water partition coefficient (Wildman–Crippen LogP) is 1.20. The van der Waals surface area contributed by atoms with Crippen molar-refractivity contribution < 1.29 is 14.7 Å². The van der Waals surface area contributed by atoms with E-state index in [9.17, 15) is 14.7 Å². The standard InChI is InChI=1S/C18H27N3O3/c1-12-5-4-6-13(2)17(12)20-16(23)11-19-18(24)14(3)21-9-7-15(22)8-10-21/h4-6,14-15,22H,7-11H2,1-3H3,(H,19,24)(H,20,23). The van der Waals surface area contributed by atoms with Crippen LogP contribution in [0.5, 0.6) is 0 Å². The van der Waals surface area contributed by atoms with Gasteiger partial charge in [0.2, 0.25) is 11.8 Å². The Kier molecular flexibility index (Phi) is 6.34. The summed E-state index contributed by atoms with van der Waals surface area (Å²) in [6.45, 7) is 7.06. The predicted molar refractivity (Wildman–Crippen MR) is 93.8 cm³/mol. The van der Waals surface area contributed by atoms with E-state index in [-0.39, 0.29) is 30.5 Å². The number of carbonyl (C=O) groups excluding carboxylic acids is 2. The average molecular weight is 333 g/mol. The smallest absolute Gasteiger partial charge is 0.243 e. The molecule has 0 aliphatic carbocycles. The SMILES string of the molecule is Cc1cccc(C)c1NC(=O)CNC(=O)C(C)N1CCC(O)CC1. The first-order valence-electron chi connectivity index (χ1n) is 8.44. The van der Waals surface area contributed by atoms with Crippen LogP contribution < -0.4 is 10.6 Å². The Balaban J connectivity index is 1.81. The zero-order valence-corrected chi connectivity index (χ0v) is 14.6. The van der Waals surface area contributed by atoms with Gasteiger partial charge in [-0.05, 0) is 44.7 Å². The quantitative estimate of drug-likeness (QED) is 0.756. The highest BCUT2D eigenvalue weighted by molar-refractivity contribution is 5.96. The molecule has 0 saturated carbocycles. The number of carbonyl (C=O) groups is 2. The Morgan fingerprint density at radius 2 is 1.83 bits per heavy atom. The van der Waals surface area contributed by atoms with Gasteiger partial charge in [-0.3, -0.25) is 14.5 Å². The topological polar surface area (TPSA) is 81.7 Å². The van der Waals surface area contributed by atoms with Crippen LogP contribution in [-0.4, -0.2) is 53.6 Å². The van der Waals surface area contributed by atoms with Crippen molar-refractivity contribution in [3.8, 4) is 0 Å². The summed E-state index contributed by atoms with van der Waals surface area (Å²) in [5, 5.41) is 15.1. The van der Waals surface area contributed by atoms with Crippen LogP contribution in [0.25, 0.3) is 0 Å². The molecule has 0 aromatic heterocycles. The second-order valence-corrected chi connectivity index (χ2v) is 6.48. The lowest BCUT2D eigenvalue weighted by atomic mass is 10.1. The summed E-state index contributed by atoms with van der Waals surface area (Å²) in [5.74, 6) is -0.398. The summed E-state index contributed by atoms with van der Waals surface area (Å²) in [6.07, 6.45) is 1.11. The zero-order chi connectivity index (χ0) is 17.7. The van der Waals surface area contributed by atoms with Crippen molar-refractivity contribution in [2.45, 2.75) is 45.8 Å². The number of aliphatic hydroxyl groups excluding tert-OH is 1. The van der Waals surface area contributed by atoms with E-state index in [1.165, 1.54) is 0 Å². The van der Waals surface area contributed by atoms with Crippen LogP contribution in [0.2, 0.25) is 0 Å². The number of nitrogens with zero attached hydrogens (tertiary/aromatic N) is 1. The molecule has 132 valence electrons. The Hall–Kier alpha value is -1.92. The van der Waals surface area contributed by atoms with Crippen LogP contribution in [0, 0.1) is 13.8 Å². The normalized spacial score (nSPS) is 17.3. The number of aryl methyl sites for hydroxylation is 2. The van der Waals surface area contributed by atoms with Gasteiger partial charge >= 0.3 is 0 Å². The molecule has 6 heteroatoms. The summed E-state index contributed by atoms with van der Waals surface area (Å²) in [6, 6.07) is 5.52. The van der Waals surface area contributed by atoms with Crippen LogP contribution in [0.4, 0.5) is 5.69 Å². The summed E-state index contributed by atoms with van der Waals surface area (Å²) in [5.41, 5.74) is 2.79. The fraction of sp³-hybridized carbons (Fsp3) is 0.556. The average Bonchev–Trinajstić information content (AvgIpc) is 2.56. The zero-order valence-electron chi connectivity index (χ0n) is 14.6. The van der Waals surface area contributed by atoms with Crippen LogP contribution in [0.1, 0.15) is 30.9 Å². The molecule has 2 rings (SSSR count). The van der Waals surface area contributed by atoms with Gasteiger partial charge in [0.05, 0.1) is 18.7 Å². The van der Waals surface area contributed by atoms with Crippen molar-refractivity contribution in [3.63, 3.8) is 0 Å². The largest absolute Gasteiger partial charge is 0.393 e. The van der Waals surface area contributed by atoms with Crippen molar-refractivity contribution in [1.29, 1.82) is 0 Å². The second kappa shape index (κ2) is 8.26. The summed E-state index contributed by atoms with van der Waals surface area (Å²) in [4.78, 5) is 26.3. The van der Waals surface area contributed by atoms with E-state index >= 15 is 0 Å². The third kappa shape index (κ3) is 4.79. The van der Waals surface area contributed by atoms with E-state index in [1.807, 2.05) is 43.9 Å². The Morgan fingerprint density at radius 1 is 1.25 bits per heavy atom. The molecule has 24 heavy (non-hydrogen) atoms. The highest BCUT2D eigenvalue weighted by Gasteiger charge is 2.25. The number of anilines is 1. The molecule has 0 radical (unpaired) electrons. The number of hydrogen-bond acceptors (Lipinski definition) is 4. The Morgan fingerprint density at radius 3 is 2.42 bits per heavy atom. The first-order valence-corrected chi connectivity index (χ1v) is 8.44. The molecule has 1 aromatic rings. The van der Waals surface area contributed by atoms with Gasteiger partial charge in [-0.2, -0.15) is 0 Å². The Labute approximate surface area is 143 Å². The number of nitrogens with one attached hydrogen (secondary N) is 2. The van der Waals surface area contributed by atoms with Crippen molar-refractivity contribution in [1.82, 2.24) is 10.2 Å². The maximum atomic E-state index is 12.2. The monoisotopic (exact) mass is 333 g/mol. The van der Waals surface area contributed by atoms with E-state index in [0.717, 1.165) is 16.8 Å². The molecule has 1 atom stereocenters. The van der Waals surface area contributed by atoms with Gasteiger partial charge in [-0.1, -0.05) is 18.2 Å². The fourth-order valence-electron chi connectivity index (χ4n) is 2.95. The molecule has 0 spiro atoms. The van der Waals surface area contributed by atoms with E-state index in [4.69, 9.17) is 0 Å². The molecule has 1 unspecified atom stereocenters. The van der Waals surface area contributed by atoms with Crippen molar-refractivity contribution in [3.05, 3.63) is 29.3 Å². The van der Waals surface area contributed by atoms with Gasteiger partial charge in [0, 0.05) is 18.8 Å². The van der Waals surface area contributed by atoms with Gasteiger partial charge in [0.15, 0.2) is 0 Å². The van der Waals surface area contributed by atoms with Gasteiger partial charge in [-0.15, -0.1) is 0 Å². The van der Waals surface area contributed by atoms with Gasteiger partial charge in [0.1, 0.15) is 0 Å². The summed E-state index contributed by atoms with van der Waals surface area (Å²) in [7, 11) is 0. The van der Waals surface area contributed by atoms with Gasteiger partial charge in [0.25, 0.3) is 0 Å². The lowest BCUT2D eigenvalue weighted by Crippen LogP contribution is -2.50. The van der Waals surface area contributed by atoms with E-state index < -0.39 is 0 Å². The third-order valence-electron chi connectivity index (χ3n) is 4.59. The minimum atomic E-state index is -0.300. The second-order valence-electron chi connectivity index (χ2n) is 6.48. The molecule has 2 amide bonds. The molecular formula is C18H27N3O3. The van der Waals surface area contributed by atoms with Crippen molar-refractivity contribution in [2.24, 2.45) is 0 Å². The molecule has 1 heterocycles. The molecule has 1 fully saturated rings. The Bertz CT molecular complexity index is 575. The number of para-hydroxylation sites is 1. The van der Waals surface area contributed by atoms with E-state index in [2.05, 4.69) is 10.6 Å². The number of rotatable bonds is 5. The molecule has 1 aliphatic rings. The molecule has 1 aromatic carbocycles. The summed E-state index contributed by atoms with van der Waals surface area (Å²) >= 11 is 0. The van der Waals surface area contributed by atoms with Crippen LogP contribution in [0.15, 0.2) is 18.2 Å². The number of hydrogen-bond donors (Lipinski definition) is 3. The minimum Gasteiger partial charge on any atom is -0.393 e. The molecular weight excluding hydrogens is 306 g/mol. The van der Waals surface area contributed by atoms with Crippen molar-refractivity contribution in [2.75, 3.05) is 25.0 Å². The molecule has 1 saturated heterocycles. The van der Waals surface area contributed by atoms with Crippen LogP contribution in [0.3, 0.4) is 0 Å². The lowest BCUT2D eigenvalue weighted by Gasteiger charge is -2.33. The third-order valence-corrected chi connectivity index (χ3v) is 4.59. The van der Waals surface area contributed by atoms with Gasteiger partial charge in [-0.25, -0.2) is 0 Å². The maximum Gasteiger partial charge on any atom is 0.243 e. The first kappa shape index (κ1) is 18.4. The van der Waals surface area contributed by atoms with Crippen LogP contribution >= 0.6 is 0 Å². The van der Waals surface area contributed by atoms with E-state index in [1.54, 1.807) is 0 Å². The first-order chi connectivity index (χ1) is 11.4. The number of aliphatic hydroxyl groups is 1. The highest BCUT2D eigenvalue weighted by Crippen LogP contribution is 2.19. The molecule has 3 N–H and O–H groups in total. The summed E-state index contributed by atoms with van der Waals surface area (Å²) < 4.78 is 0. The molecule has 0 bridgehead atoms.